The maximum Gasteiger partial charge on any atom is 0.255 e. The largest absolute Gasteiger partial charge is 0.356 e. The van der Waals surface area contributed by atoms with Crippen LogP contribution in [0, 0.1) is 0 Å². The second-order valence-corrected chi connectivity index (χ2v) is 7.44. The van der Waals surface area contributed by atoms with Gasteiger partial charge >= 0.3 is 0 Å². The number of carbonyl (C=O) groups excluding carboxylic acids is 1. The van der Waals surface area contributed by atoms with Crippen LogP contribution in [0.1, 0.15) is 30.2 Å². The molecule has 4 nitrogen and oxygen atoms in total. The minimum absolute atomic E-state index is 0.0497. The highest BCUT2D eigenvalue weighted by molar-refractivity contribution is 6.31. The number of nitrogens with one attached hydrogen (secondary N) is 3. The van der Waals surface area contributed by atoms with E-state index in [9.17, 15) is 4.79 Å². The molecule has 0 unspecified atom stereocenters. The molecule has 0 radical (unpaired) electrons. The summed E-state index contributed by atoms with van der Waals surface area (Å²) < 4.78 is 0. The van der Waals surface area contributed by atoms with Crippen LogP contribution in [0.15, 0.2) is 42.5 Å². The number of H-pyrrole nitrogens is 1. The first-order chi connectivity index (χ1) is 12.1. The van der Waals surface area contributed by atoms with Crippen molar-refractivity contribution in [2.75, 3.05) is 5.32 Å². The number of aromatic amines is 1. The van der Waals surface area contributed by atoms with Gasteiger partial charge in [0.05, 0.1) is 5.69 Å². The molecule has 25 heavy (non-hydrogen) atoms. The van der Waals surface area contributed by atoms with E-state index >= 15 is 0 Å². The normalized spacial score (nSPS) is 24.9. The van der Waals surface area contributed by atoms with Crippen molar-refractivity contribution in [3.05, 3.63) is 64.3 Å². The summed E-state index contributed by atoms with van der Waals surface area (Å²) in [7, 11) is 0. The van der Waals surface area contributed by atoms with Gasteiger partial charge in [0.25, 0.3) is 5.91 Å². The molecular weight excluding hydrogens is 334 g/mol. The number of halogens is 1. The topological polar surface area (TPSA) is 56.9 Å². The second-order valence-electron chi connectivity index (χ2n) is 7.00. The first-order valence-electron chi connectivity index (χ1n) is 8.59. The number of benzene rings is 2. The molecule has 1 amide bonds. The molecule has 3 aromatic rings. The molecule has 0 aliphatic carbocycles. The Hall–Kier alpha value is -2.30. The van der Waals surface area contributed by atoms with E-state index in [1.807, 2.05) is 30.3 Å². The molecule has 0 saturated carbocycles. The zero-order valence-corrected chi connectivity index (χ0v) is 14.6. The quantitative estimate of drug-likeness (QED) is 0.574. The van der Waals surface area contributed by atoms with Gasteiger partial charge in [-0.05, 0) is 49.6 Å². The zero-order chi connectivity index (χ0) is 17.2. The molecule has 3 heterocycles. The molecule has 5 rings (SSSR count). The minimum Gasteiger partial charge on any atom is -0.356 e. The SMILES string of the molecule is C[C@@H]1CCc2c([nH]c3ccccc23)[C@]2(N1)C(=O)Nc1ccc(Cl)cc12. The second kappa shape index (κ2) is 5.10. The van der Waals surface area contributed by atoms with E-state index in [-0.39, 0.29) is 11.9 Å². The fourth-order valence-corrected chi connectivity index (χ4v) is 4.49. The molecule has 0 bridgehead atoms. The van der Waals surface area contributed by atoms with E-state index in [0.717, 1.165) is 35.3 Å². The number of anilines is 1. The van der Waals surface area contributed by atoms with Crippen LogP contribution in [0.4, 0.5) is 5.69 Å². The molecule has 126 valence electrons. The number of aryl methyl sites for hydroxylation is 1. The molecule has 2 aliphatic rings. The summed E-state index contributed by atoms with van der Waals surface area (Å²) in [5, 5.41) is 8.46. The minimum atomic E-state index is -0.926. The van der Waals surface area contributed by atoms with E-state index in [0.29, 0.717) is 5.02 Å². The Kier molecular flexibility index (Phi) is 3.06. The summed E-state index contributed by atoms with van der Waals surface area (Å²) in [5.41, 5.74) is 4.01. The number of para-hydroxylation sites is 1. The predicted molar refractivity (Wildman–Crippen MR) is 100 cm³/mol. The van der Waals surface area contributed by atoms with E-state index in [1.54, 1.807) is 0 Å². The molecule has 0 fully saturated rings. The Bertz CT molecular complexity index is 1020. The lowest BCUT2D eigenvalue weighted by Gasteiger charge is -2.30. The van der Waals surface area contributed by atoms with Gasteiger partial charge in [-0.15, -0.1) is 0 Å². The summed E-state index contributed by atoms with van der Waals surface area (Å²) in [4.78, 5) is 16.8. The number of hydrogen-bond acceptors (Lipinski definition) is 2. The molecule has 1 spiro atoms. The first-order valence-corrected chi connectivity index (χ1v) is 8.96. The van der Waals surface area contributed by atoms with Gasteiger partial charge in [0, 0.05) is 33.2 Å². The van der Waals surface area contributed by atoms with Gasteiger partial charge in [-0.25, -0.2) is 0 Å². The lowest BCUT2D eigenvalue weighted by Crippen LogP contribution is -2.52. The first kappa shape index (κ1) is 15.0. The maximum absolute atomic E-state index is 13.2. The number of aromatic nitrogens is 1. The summed E-state index contributed by atoms with van der Waals surface area (Å²) in [6.07, 6.45) is 1.90. The van der Waals surface area contributed by atoms with Crippen LogP contribution in [0.5, 0.6) is 0 Å². The third kappa shape index (κ3) is 1.95. The summed E-state index contributed by atoms with van der Waals surface area (Å²) in [5.74, 6) is -0.0497. The van der Waals surface area contributed by atoms with Crippen LogP contribution in [0.3, 0.4) is 0 Å². The van der Waals surface area contributed by atoms with Gasteiger partial charge < -0.3 is 10.3 Å². The standard InChI is InChI=1S/C20H18ClN3O/c1-11-6-8-14-13-4-2-3-5-16(13)22-18(14)20(24-11)15-10-12(21)7-9-17(15)23-19(20)25/h2-5,7,9-11,22,24H,6,8H2,1H3,(H,23,25)/t11-,20+/m1/s1. The Labute approximate surface area is 150 Å². The summed E-state index contributed by atoms with van der Waals surface area (Å²) in [6.45, 7) is 2.13. The number of rotatable bonds is 0. The van der Waals surface area contributed by atoms with Crippen LogP contribution >= 0.6 is 11.6 Å². The zero-order valence-electron chi connectivity index (χ0n) is 13.8. The van der Waals surface area contributed by atoms with Gasteiger partial charge in [-0.2, -0.15) is 0 Å². The van der Waals surface area contributed by atoms with Crippen LogP contribution in [-0.4, -0.2) is 16.9 Å². The Morgan fingerprint density at radius 2 is 2.04 bits per heavy atom. The Balaban J connectivity index is 1.88. The molecule has 2 aromatic carbocycles. The molecule has 2 aliphatic heterocycles. The third-order valence-electron chi connectivity index (χ3n) is 5.45. The highest BCUT2D eigenvalue weighted by Crippen LogP contribution is 2.46. The molecule has 2 atom stereocenters. The van der Waals surface area contributed by atoms with Crippen LogP contribution in [-0.2, 0) is 16.8 Å². The number of hydrogen-bond donors (Lipinski definition) is 3. The molecule has 3 N–H and O–H groups in total. The van der Waals surface area contributed by atoms with Crippen molar-refractivity contribution in [1.82, 2.24) is 10.3 Å². The van der Waals surface area contributed by atoms with E-state index < -0.39 is 5.54 Å². The van der Waals surface area contributed by atoms with Crippen LogP contribution < -0.4 is 10.6 Å². The van der Waals surface area contributed by atoms with Crippen molar-refractivity contribution >= 4 is 34.1 Å². The number of fused-ring (bicyclic) bond motifs is 6. The Morgan fingerprint density at radius 1 is 1.20 bits per heavy atom. The smallest absolute Gasteiger partial charge is 0.255 e. The van der Waals surface area contributed by atoms with Gasteiger partial charge in [0.2, 0.25) is 0 Å². The van der Waals surface area contributed by atoms with Gasteiger partial charge in [0.15, 0.2) is 5.54 Å². The van der Waals surface area contributed by atoms with Crippen molar-refractivity contribution in [3.8, 4) is 0 Å². The number of carbonyl (C=O) groups is 1. The third-order valence-corrected chi connectivity index (χ3v) is 5.69. The molecule has 5 heteroatoms. The molecule has 1 aromatic heterocycles. The molecular formula is C20H18ClN3O. The highest BCUT2D eigenvalue weighted by atomic mass is 35.5. The van der Waals surface area contributed by atoms with E-state index in [4.69, 9.17) is 11.6 Å². The lowest BCUT2D eigenvalue weighted by molar-refractivity contribution is -0.120. The van der Waals surface area contributed by atoms with E-state index in [1.165, 1.54) is 10.9 Å². The maximum atomic E-state index is 13.2. The van der Waals surface area contributed by atoms with Crippen molar-refractivity contribution < 1.29 is 4.79 Å². The highest BCUT2D eigenvalue weighted by Gasteiger charge is 2.52. The van der Waals surface area contributed by atoms with Gasteiger partial charge in [0.1, 0.15) is 0 Å². The average Bonchev–Trinajstić information content (AvgIpc) is 3.04. The average molecular weight is 352 g/mol. The number of amides is 1. The van der Waals surface area contributed by atoms with Gasteiger partial charge in [-0.3, -0.25) is 10.1 Å². The van der Waals surface area contributed by atoms with Crippen molar-refractivity contribution in [2.24, 2.45) is 0 Å². The van der Waals surface area contributed by atoms with Gasteiger partial charge in [-0.1, -0.05) is 29.8 Å². The monoisotopic (exact) mass is 351 g/mol. The Morgan fingerprint density at radius 3 is 2.92 bits per heavy atom. The summed E-state index contributed by atoms with van der Waals surface area (Å²) >= 11 is 6.28. The van der Waals surface area contributed by atoms with Crippen LogP contribution in [0.2, 0.25) is 5.02 Å². The summed E-state index contributed by atoms with van der Waals surface area (Å²) in [6, 6.07) is 14.0. The fraction of sp³-hybridized carbons (Fsp3) is 0.250. The van der Waals surface area contributed by atoms with Crippen molar-refractivity contribution in [3.63, 3.8) is 0 Å². The van der Waals surface area contributed by atoms with Crippen molar-refractivity contribution in [2.45, 2.75) is 31.3 Å². The molecule has 0 saturated heterocycles. The van der Waals surface area contributed by atoms with Crippen molar-refractivity contribution in [1.29, 1.82) is 0 Å². The van der Waals surface area contributed by atoms with Crippen LogP contribution in [0.25, 0.3) is 10.9 Å². The van der Waals surface area contributed by atoms with E-state index in [2.05, 4.69) is 34.7 Å². The fourth-order valence-electron chi connectivity index (χ4n) is 4.32. The predicted octanol–water partition coefficient (Wildman–Crippen LogP) is 3.94. The lowest BCUT2D eigenvalue weighted by atomic mass is 9.85.